The van der Waals surface area contributed by atoms with Gasteiger partial charge in [0.1, 0.15) is 5.69 Å². The number of H-pyrrole nitrogens is 2. The van der Waals surface area contributed by atoms with Gasteiger partial charge in [0, 0.05) is 64.4 Å². The predicted molar refractivity (Wildman–Crippen MR) is 141 cm³/mol. The molecule has 0 aliphatic carbocycles. The van der Waals surface area contributed by atoms with E-state index in [0.29, 0.717) is 18.2 Å². The number of para-hydroxylation sites is 1. The average molecular weight is 474 g/mol. The van der Waals surface area contributed by atoms with Crippen LogP contribution in [0.5, 0.6) is 0 Å². The lowest BCUT2D eigenvalue weighted by Crippen LogP contribution is -2.25. The molecule has 4 aromatic heterocycles. The van der Waals surface area contributed by atoms with E-state index < -0.39 is 0 Å². The van der Waals surface area contributed by atoms with Crippen LogP contribution in [0, 0.1) is 0 Å². The summed E-state index contributed by atoms with van der Waals surface area (Å²) in [6, 6.07) is 21.5. The molecule has 2 aromatic carbocycles. The minimum atomic E-state index is -0.131. The van der Waals surface area contributed by atoms with Crippen molar-refractivity contribution in [2.24, 2.45) is 0 Å². The first-order chi connectivity index (χ1) is 17.7. The van der Waals surface area contributed by atoms with Gasteiger partial charge in [-0.05, 0) is 60.5 Å². The van der Waals surface area contributed by atoms with Crippen molar-refractivity contribution in [3.8, 4) is 11.3 Å². The van der Waals surface area contributed by atoms with Gasteiger partial charge in [0.25, 0.3) is 5.91 Å². The summed E-state index contributed by atoms with van der Waals surface area (Å²) in [5.74, 6) is 0.356. The third kappa shape index (κ3) is 4.39. The van der Waals surface area contributed by atoms with E-state index in [1.807, 2.05) is 60.8 Å². The Balaban J connectivity index is 1.13. The Morgan fingerprint density at radius 1 is 0.944 bits per heavy atom. The number of hydrogen-bond donors (Lipinski definition) is 4. The minimum absolute atomic E-state index is 0.131. The summed E-state index contributed by atoms with van der Waals surface area (Å²) in [6.07, 6.45) is 7.97. The fraction of sp³-hybridized carbons (Fsp3) is 0.0714. The molecule has 6 aromatic rings. The third-order valence-corrected chi connectivity index (χ3v) is 6.09. The van der Waals surface area contributed by atoms with Crippen LogP contribution in [0.15, 0.2) is 91.5 Å². The highest BCUT2D eigenvalue weighted by Crippen LogP contribution is 2.23. The molecule has 8 nitrogen and oxygen atoms in total. The summed E-state index contributed by atoms with van der Waals surface area (Å²) in [5, 5.41) is 8.37. The van der Waals surface area contributed by atoms with Gasteiger partial charge in [-0.25, -0.2) is 9.97 Å². The summed E-state index contributed by atoms with van der Waals surface area (Å²) >= 11 is 0. The van der Waals surface area contributed by atoms with Gasteiger partial charge in [0.15, 0.2) is 0 Å². The Morgan fingerprint density at radius 3 is 2.81 bits per heavy atom. The van der Waals surface area contributed by atoms with Crippen LogP contribution in [0.1, 0.15) is 16.1 Å². The largest absolute Gasteiger partial charge is 0.361 e. The fourth-order valence-electron chi connectivity index (χ4n) is 4.30. The Labute approximate surface area is 206 Å². The highest BCUT2D eigenvalue weighted by Gasteiger charge is 2.11. The molecule has 0 spiro atoms. The number of fused-ring (bicyclic) bond motifs is 2. The Morgan fingerprint density at radius 2 is 1.89 bits per heavy atom. The van der Waals surface area contributed by atoms with Crippen LogP contribution in [-0.4, -0.2) is 37.4 Å². The molecule has 4 heterocycles. The second kappa shape index (κ2) is 9.34. The van der Waals surface area contributed by atoms with Gasteiger partial charge in [0.05, 0.1) is 5.69 Å². The van der Waals surface area contributed by atoms with Gasteiger partial charge in [0.2, 0.25) is 5.95 Å². The Bertz CT molecular complexity index is 1670. The van der Waals surface area contributed by atoms with Crippen LogP contribution in [0.4, 0.5) is 11.6 Å². The molecule has 0 bridgehead atoms. The first-order valence-electron chi connectivity index (χ1n) is 11.7. The van der Waals surface area contributed by atoms with Crippen molar-refractivity contribution in [1.29, 1.82) is 0 Å². The number of amides is 1. The maximum absolute atomic E-state index is 12.8. The number of anilines is 2. The number of rotatable bonds is 7. The Kier molecular flexibility index (Phi) is 5.59. The molecule has 36 heavy (non-hydrogen) atoms. The van der Waals surface area contributed by atoms with Crippen molar-refractivity contribution >= 4 is 39.3 Å². The lowest BCUT2D eigenvalue weighted by Gasteiger charge is -2.06. The molecule has 1 amide bonds. The van der Waals surface area contributed by atoms with Crippen LogP contribution in [0.2, 0.25) is 0 Å². The van der Waals surface area contributed by atoms with Gasteiger partial charge in [-0.3, -0.25) is 9.78 Å². The summed E-state index contributed by atoms with van der Waals surface area (Å²) in [4.78, 5) is 32.3. The number of carbonyl (C=O) groups is 1. The second-order valence-corrected chi connectivity index (χ2v) is 8.48. The highest BCUT2D eigenvalue weighted by atomic mass is 16.1. The first-order valence-corrected chi connectivity index (χ1v) is 11.7. The van der Waals surface area contributed by atoms with Crippen molar-refractivity contribution in [3.05, 3.63) is 103 Å². The molecule has 8 heteroatoms. The summed E-state index contributed by atoms with van der Waals surface area (Å²) in [7, 11) is 0. The molecule has 0 aliphatic heterocycles. The second-order valence-electron chi connectivity index (χ2n) is 8.48. The molecule has 176 valence electrons. The van der Waals surface area contributed by atoms with Crippen LogP contribution in [0.3, 0.4) is 0 Å². The van der Waals surface area contributed by atoms with E-state index >= 15 is 0 Å². The number of nitrogens with zero attached hydrogens (tertiary/aromatic N) is 3. The summed E-state index contributed by atoms with van der Waals surface area (Å²) in [5.41, 5.74) is 6.24. The summed E-state index contributed by atoms with van der Waals surface area (Å²) < 4.78 is 0. The smallest absolute Gasteiger partial charge is 0.267 e. The quantitative estimate of drug-likeness (QED) is 0.254. The minimum Gasteiger partial charge on any atom is -0.361 e. The van der Waals surface area contributed by atoms with E-state index in [9.17, 15) is 4.79 Å². The SMILES string of the molecule is O=C(NCCc1c[nH]c2ccccc12)c1cc2cc(Nc3nccc(-c4cccnc4)n3)ccc2[nH]1. The van der Waals surface area contributed by atoms with E-state index in [4.69, 9.17) is 0 Å². The zero-order chi connectivity index (χ0) is 24.3. The zero-order valence-corrected chi connectivity index (χ0v) is 19.3. The molecular weight excluding hydrogens is 450 g/mol. The van der Waals surface area contributed by atoms with Gasteiger partial charge in [-0.1, -0.05) is 18.2 Å². The van der Waals surface area contributed by atoms with Gasteiger partial charge >= 0.3 is 0 Å². The monoisotopic (exact) mass is 473 g/mol. The number of benzene rings is 2. The van der Waals surface area contributed by atoms with Crippen LogP contribution in [0.25, 0.3) is 33.1 Å². The average Bonchev–Trinajstić information content (AvgIpc) is 3.53. The maximum Gasteiger partial charge on any atom is 0.267 e. The molecular formula is C28H23N7O. The normalized spacial score (nSPS) is 11.1. The molecule has 0 radical (unpaired) electrons. The maximum atomic E-state index is 12.8. The van der Waals surface area contributed by atoms with Crippen molar-refractivity contribution < 1.29 is 4.79 Å². The molecule has 0 saturated carbocycles. The molecule has 0 fully saturated rings. The van der Waals surface area contributed by atoms with Crippen LogP contribution < -0.4 is 10.6 Å². The van der Waals surface area contributed by atoms with E-state index in [-0.39, 0.29) is 5.91 Å². The van der Waals surface area contributed by atoms with E-state index in [2.05, 4.69) is 47.7 Å². The number of aromatic amines is 2. The molecule has 6 rings (SSSR count). The standard InChI is InChI=1S/C28H23N7O/c36-27(30-12-9-18-17-32-25-6-2-1-5-22(18)25)26-15-20-14-21(7-8-23(20)34-26)33-28-31-13-10-24(35-28)19-4-3-11-29-16-19/h1-8,10-11,13-17,32,34H,9,12H2,(H,30,36)(H,31,33,35). The Hall–Kier alpha value is -4.98. The van der Waals surface area contributed by atoms with E-state index in [0.717, 1.165) is 39.8 Å². The molecule has 0 aliphatic rings. The number of hydrogen-bond acceptors (Lipinski definition) is 5. The number of pyridine rings is 1. The van der Waals surface area contributed by atoms with Crippen LogP contribution in [-0.2, 0) is 6.42 Å². The first kappa shape index (κ1) is 21.5. The number of aromatic nitrogens is 5. The number of nitrogens with one attached hydrogen (secondary N) is 4. The predicted octanol–water partition coefficient (Wildman–Crippen LogP) is 5.22. The van der Waals surface area contributed by atoms with Gasteiger partial charge in [-0.2, -0.15) is 0 Å². The van der Waals surface area contributed by atoms with Crippen molar-refractivity contribution in [3.63, 3.8) is 0 Å². The highest BCUT2D eigenvalue weighted by molar-refractivity contribution is 5.98. The third-order valence-electron chi connectivity index (χ3n) is 6.09. The topological polar surface area (TPSA) is 111 Å². The lowest BCUT2D eigenvalue weighted by atomic mass is 10.1. The lowest BCUT2D eigenvalue weighted by molar-refractivity contribution is 0.0950. The zero-order valence-electron chi connectivity index (χ0n) is 19.3. The van der Waals surface area contributed by atoms with E-state index in [1.165, 1.54) is 10.9 Å². The van der Waals surface area contributed by atoms with Gasteiger partial charge in [-0.15, -0.1) is 0 Å². The van der Waals surface area contributed by atoms with Gasteiger partial charge < -0.3 is 20.6 Å². The van der Waals surface area contributed by atoms with E-state index in [1.54, 1.807) is 18.6 Å². The van der Waals surface area contributed by atoms with Crippen molar-refractivity contribution in [2.75, 3.05) is 11.9 Å². The fourth-order valence-corrected chi connectivity index (χ4v) is 4.30. The molecule has 0 unspecified atom stereocenters. The van der Waals surface area contributed by atoms with Crippen molar-refractivity contribution in [1.82, 2.24) is 30.2 Å². The molecule has 4 N–H and O–H groups in total. The van der Waals surface area contributed by atoms with Crippen molar-refractivity contribution in [2.45, 2.75) is 6.42 Å². The van der Waals surface area contributed by atoms with Crippen LogP contribution >= 0.6 is 0 Å². The molecule has 0 atom stereocenters. The molecule has 0 saturated heterocycles. The number of carbonyl (C=O) groups excluding carboxylic acids is 1. The summed E-state index contributed by atoms with van der Waals surface area (Å²) in [6.45, 7) is 0.549.